The van der Waals surface area contributed by atoms with Gasteiger partial charge >= 0.3 is 0 Å². The van der Waals surface area contributed by atoms with E-state index in [2.05, 4.69) is 28.7 Å². The van der Waals surface area contributed by atoms with Crippen molar-refractivity contribution < 1.29 is 9.53 Å². The molecule has 23 heavy (non-hydrogen) atoms. The van der Waals surface area contributed by atoms with E-state index >= 15 is 0 Å². The van der Waals surface area contributed by atoms with Crippen molar-refractivity contribution in [3.63, 3.8) is 0 Å². The second kappa shape index (κ2) is 7.95. The molecule has 0 unspecified atom stereocenters. The summed E-state index contributed by atoms with van der Waals surface area (Å²) in [7, 11) is 2.22. The van der Waals surface area contributed by atoms with Gasteiger partial charge in [-0.25, -0.2) is 0 Å². The first-order chi connectivity index (χ1) is 11.1. The molecular formula is C18H33N3O2. The van der Waals surface area contributed by atoms with Gasteiger partial charge in [0.25, 0.3) is 0 Å². The number of ether oxygens (including phenoxy) is 1. The summed E-state index contributed by atoms with van der Waals surface area (Å²) in [6, 6.07) is 0.693. The van der Waals surface area contributed by atoms with E-state index < -0.39 is 0 Å². The SMILES string of the molecule is C[C@@H](C(=O)N1CCN([C@H]2CCCN(C)C2)CC1)C1CCOCC1. The molecule has 5 heteroatoms. The summed E-state index contributed by atoms with van der Waals surface area (Å²) in [5.74, 6) is 1.05. The third kappa shape index (κ3) is 4.25. The second-order valence-electron chi connectivity index (χ2n) is 7.66. The van der Waals surface area contributed by atoms with Crippen LogP contribution in [-0.2, 0) is 9.53 Å². The van der Waals surface area contributed by atoms with Crippen LogP contribution in [0.4, 0.5) is 0 Å². The smallest absolute Gasteiger partial charge is 0.225 e. The highest BCUT2D eigenvalue weighted by Crippen LogP contribution is 2.26. The Hall–Kier alpha value is -0.650. The quantitative estimate of drug-likeness (QED) is 0.784. The van der Waals surface area contributed by atoms with Crippen LogP contribution in [-0.4, -0.2) is 86.2 Å². The van der Waals surface area contributed by atoms with E-state index in [-0.39, 0.29) is 5.92 Å². The molecule has 2 atom stereocenters. The maximum Gasteiger partial charge on any atom is 0.225 e. The van der Waals surface area contributed by atoms with Crippen molar-refractivity contribution in [3.8, 4) is 0 Å². The van der Waals surface area contributed by atoms with Gasteiger partial charge in [0.15, 0.2) is 0 Å². The Kier molecular flexibility index (Phi) is 5.94. The first-order valence-corrected chi connectivity index (χ1v) is 9.44. The minimum Gasteiger partial charge on any atom is -0.381 e. The van der Waals surface area contributed by atoms with Crippen LogP contribution < -0.4 is 0 Å². The Labute approximate surface area is 140 Å². The number of piperazine rings is 1. The maximum absolute atomic E-state index is 12.8. The Balaban J connectivity index is 1.47. The van der Waals surface area contributed by atoms with Gasteiger partial charge in [0.05, 0.1) is 0 Å². The van der Waals surface area contributed by atoms with E-state index in [9.17, 15) is 4.79 Å². The topological polar surface area (TPSA) is 36.0 Å². The molecule has 3 rings (SSSR count). The van der Waals surface area contributed by atoms with Gasteiger partial charge in [-0.2, -0.15) is 0 Å². The number of nitrogens with zero attached hydrogens (tertiary/aromatic N) is 3. The Bertz CT molecular complexity index is 390. The van der Waals surface area contributed by atoms with Crippen molar-refractivity contribution in [1.29, 1.82) is 0 Å². The molecule has 0 N–H and O–H groups in total. The predicted octanol–water partition coefficient (Wildman–Crippen LogP) is 1.29. The number of hydrogen-bond donors (Lipinski definition) is 0. The molecule has 3 heterocycles. The number of likely N-dealkylation sites (tertiary alicyclic amines) is 1. The molecule has 0 spiro atoms. The van der Waals surface area contributed by atoms with Crippen LogP contribution in [0.1, 0.15) is 32.6 Å². The van der Waals surface area contributed by atoms with Crippen molar-refractivity contribution in [1.82, 2.24) is 14.7 Å². The molecule has 1 amide bonds. The van der Waals surface area contributed by atoms with Crippen LogP contribution in [0.5, 0.6) is 0 Å². The number of amides is 1. The second-order valence-corrected chi connectivity index (χ2v) is 7.66. The summed E-state index contributed by atoms with van der Waals surface area (Å²) in [5.41, 5.74) is 0. The summed E-state index contributed by atoms with van der Waals surface area (Å²) < 4.78 is 5.43. The van der Waals surface area contributed by atoms with Crippen LogP contribution in [0.15, 0.2) is 0 Å². The van der Waals surface area contributed by atoms with Crippen molar-refractivity contribution in [2.45, 2.75) is 38.6 Å². The normalized spacial score (nSPS) is 30.3. The average molecular weight is 323 g/mol. The predicted molar refractivity (Wildman–Crippen MR) is 91.4 cm³/mol. The lowest BCUT2D eigenvalue weighted by Gasteiger charge is -2.43. The fraction of sp³-hybridized carbons (Fsp3) is 0.944. The van der Waals surface area contributed by atoms with Crippen LogP contribution >= 0.6 is 0 Å². The maximum atomic E-state index is 12.8. The van der Waals surface area contributed by atoms with E-state index in [4.69, 9.17) is 4.74 Å². The molecule has 0 aliphatic carbocycles. The summed E-state index contributed by atoms with van der Waals surface area (Å²) in [6.07, 6.45) is 4.71. The fourth-order valence-corrected chi connectivity index (χ4v) is 4.45. The van der Waals surface area contributed by atoms with Gasteiger partial charge in [-0.3, -0.25) is 9.69 Å². The summed E-state index contributed by atoms with van der Waals surface area (Å²) >= 11 is 0. The highest BCUT2D eigenvalue weighted by atomic mass is 16.5. The van der Waals surface area contributed by atoms with E-state index in [1.54, 1.807) is 0 Å². The molecule has 3 aliphatic rings. The highest BCUT2D eigenvalue weighted by Gasteiger charge is 2.32. The Morgan fingerprint density at radius 1 is 1.04 bits per heavy atom. The van der Waals surface area contributed by atoms with Gasteiger partial charge in [-0.05, 0) is 45.2 Å². The molecule has 0 saturated carbocycles. The molecule has 0 radical (unpaired) electrons. The molecule has 3 saturated heterocycles. The monoisotopic (exact) mass is 323 g/mol. The zero-order valence-corrected chi connectivity index (χ0v) is 14.9. The largest absolute Gasteiger partial charge is 0.381 e. The molecule has 0 aromatic carbocycles. The van der Waals surface area contributed by atoms with E-state index in [1.807, 2.05) is 0 Å². The molecular weight excluding hydrogens is 290 g/mol. The van der Waals surface area contributed by atoms with Gasteiger partial charge in [-0.15, -0.1) is 0 Å². The first kappa shape index (κ1) is 17.2. The van der Waals surface area contributed by atoms with Gasteiger partial charge < -0.3 is 14.5 Å². The molecule has 3 fully saturated rings. The molecule has 0 aromatic heterocycles. The van der Waals surface area contributed by atoms with Gasteiger partial charge in [0.2, 0.25) is 5.91 Å². The Morgan fingerprint density at radius 3 is 2.39 bits per heavy atom. The van der Waals surface area contributed by atoms with E-state index in [0.717, 1.165) is 52.2 Å². The molecule has 3 aliphatic heterocycles. The number of piperidine rings is 1. The number of carbonyl (C=O) groups excluding carboxylic acids is 1. The summed E-state index contributed by atoms with van der Waals surface area (Å²) in [5, 5.41) is 0. The molecule has 132 valence electrons. The van der Waals surface area contributed by atoms with Crippen LogP contribution in [0.3, 0.4) is 0 Å². The zero-order valence-electron chi connectivity index (χ0n) is 14.9. The van der Waals surface area contributed by atoms with Gasteiger partial charge in [-0.1, -0.05) is 6.92 Å². The van der Waals surface area contributed by atoms with Crippen LogP contribution in [0.25, 0.3) is 0 Å². The van der Waals surface area contributed by atoms with Crippen molar-refractivity contribution >= 4 is 5.91 Å². The first-order valence-electron chi connectivity index (χ1n) is 9.44. The van der Waals surface area contributed by atoms with Crippen LogP contribution in [0.2, 0.25) is 0 Å². The van der Waals surface area contributed by atoms with Crippen molar-refractivity contribution in [2.75, 3.05) is 59.5 Å². The standard InChI is InChI=1S/C18H33N3O2/c1-15(16-5-12-23-13-6-16)18(22)21-10-8-20(9-11-21)17-4-3-7-19(2)14-17/h15-17H,3-14H2,1-2H3/t15-,17+/m1/s1. The van der Waals surface area contributed by atoms with Crippen molar-refractivity contribution in [3.05, 3.63) is 0 Å². The van der Waals surface area contributed by atoms with E-state index in [0.29, 0.717) is 17.9 Å². The zero-order chi connectivity index (χ0) is 16.2. The molecule has 0 bridgehead atoms. The minimum absolute atomic E-state index is 0.159. The van der Waals surface area contributed by atoms with Crippen molar-refractivity contribution in [2.24, 2.45) is 11.8 Å². The molecule has 5 nitrogen and oxygen atoms in total. The third-order valence-corrected chi connectivity index (χ3v) is 6.10. The average Bonchev–Trinajstić information content (AvgIpc) is 2.61. The molecule has 0 aromatic rings. The van der Waals surface area contributed by atoms with Crippen LogP contribution in [0, 0.1) is 11.8 Å². The van der Waals surface area contributed by atoms with Gasteiger partial charge in [0.1, 0.15) is 0 Å². The lowest BCUT2D eigenvalue weighted by molar-refractivity contribution is -0.140. The summed E-state index contributed by atoms with van der Waals surface area (Å²) in [4.78, 5) is 20.0. The third-order valence-electron chi connectivity index (χ3n) is 6.10. The number of carbonyl (C=O) groups is 1. The minimum atomic E-state index is 0.159. The summed E-state index contributed by atoms with van der Waals surface area (Å²) in [6.45, 7) is 10.1. The number of likely N-dealkylation sites (N-methyl/N-ethyl adjacent to an activating group) is 1. The fourth-order valence-electron chi connectivity index (χ4n) is 4.45. The Morgan fingerprint density at radius 2 is 1.74 bits per heavy atom. The highest BCUT2D eigenvalue weighted by molar-refractivity contribution is 5.79. The number of hydrogen-bond acceptors (Lipinski definition) is 4. The van der Waals surface area contributed by atoms with Gasteiger partial charge in [0, 0.05) is 57.9 Å². The lowest BCUT2D eigenvalue weighted by atomic mass is 9.86. The number of rotatable bonds is 3. The lowest BCUT2D eigenvalue weighted by Crippen LogP contribution is -2.56. The van der Waals surface area contributed by atoms with E-state index in [1.165, 1.54) is 25.9 Å².